The Labute approximate surface area is 105 Å². The summed E-state index contributed by atoms with van der Waals surface area (Å²) in [6, 6.07) is 3.94. The Hall–Kier alpha value is -0.380. The van der Waals surface area contributed by atoms with Crippen LogP contribution >= 0.6 is 11.9 Å². The van der Waals surface area contributed by atoms with E-state index in [-0.39, 0.29) is 5.41 Å². The molecular formula is C12H17ClO2S. The molecule has 0 aromatic heterocycles. The first-order valence-corrected chi connectivity index (χ1v) is 6.48. The van der Waals surface area contributed by atoms with Crippen LogP contribution < -0.4 is 0 Å². The van der Waals surface area contributed by atoms with Crippen LogP contribution in [-0.2, 0) is 20.2 Å². The number of halogens is 1. The second-order valence-corrected chi connectivity index (χ2v) is 6.39. The maximum atomic E-state index is 11.6. The summed E-state index contributed by atoms with van der Waals surface area (Å²) >= 11 is 3.57. The molecular weight excluding hydrogens is 244 g/mol. The van der Waals surface area contributed by atoms with Gasteiger partial charge in [-0.3, -0.25) is 0 Å². The lowest BCUT2D eigenvalue weighted by molar-refractivity contribution is 0.579. The van der Waals surface area contributed by atoms with Crippen molar-refractivity contribution in [2.45, 2.75) is 44.9 Å². The third kappa shape index (κ3) is 2.84. The monoisotopic (exact) mass is 260 g/mol. The van der Waals surface area contributed by atoms with Gasteiger partial charge in [0.15, 0.2) is 0 Å². The van der Waals surface area contributed by atoms with E-state index in [1.54, 1.807) is 0 Å². The zero-order valence-electron chi connectivity index (χ0n) is 10.3. The normalized spacial score (nSPS) is 13.9. The minimum atomic E-state index is -1.59. The topological polar surface area (TPSA) is 26.3 Å². The smallest absolute Gasteiger partial charge is 0.206 e. The molecule has 0 spiro atoms. The second-order valence-electron chi connectivity index (χ2n) is 4.98. The van der Waals surface area contributed by atoms with Gasteiger partial charge in [0.25, 0.3) is 0 Å². The van der Waals surface area contributed by atoms with Crippen LogP contribution in [-0.4, -0.2) is 4.21 Å². The number of hydrogen-bond acceptors (Lipinski definition) is 2. The van der Waals surface area contributed by atoms with E-state index in [1.807, 2.05) is 19.1 Å². The van der Waals surface area contributed by atoms with Gasteiger partial charge in [-0.1, -0.05) is 26.8 Å². The molecule has 0 saturated heterocycles. The van der Waals surface area contributed by atoms with Crippen molar-refractivity contribution in [3.05, 3.63) is 28.8 Å². The van der Waals surface area contributed by atoms with E-state index in [4.69, 9.17) is 11.9 Å². The van der Waals surface area contributed by atoms with E-state index >= 15 is 0 Å². The summed E-state index contributed by atoms with van der Waals surface area (Å²) in [6.45, 7) is 10.3. The SMILES string of the molecule is Cc1cc(C)c(C(C)(C)C)cc1S(=O)OCl. The van der Waals surface area contributed by atoms with Gasteiger partial charge < -0.3 is 0 Å². The molecule has 0 aliphatic heterocycles. The predicted molar refractivity (Wildman–Crippen MR) is 68.0 cm³/mol. The van der Waals surface area contributed by atoms with E-state index in [0.29, 0.717) is 4.90 Å². The van der Waals surface area contributed by atoms with Gasteiger partial charge in [-0.25, -0.2) is 4.21 Å². The lowest BCUT2D eigenvalue weighted by atomic mass is 9.83. The van der Waals surface area contributed by atoms with E-state index in [1.165, 1.54) is 5.56 Å². The Bertz CT molecular complexity index is 422. The summed E-state index contributed by atoms with van der Waals surface area (Å²) in [7, 11) is 0. The van der Waals surface area contributed by atoms with Gasteiger partial charge in [-0.05, 0) is 42.0 Å². The van der Waals surface area contributed by atoms with Crippen LogP contribution in [0.15, 0.2) is 17.0 Å². The third-order valence-electron chi connectivity index (χ3n) is 2.57. The van der Waals surface area contributed by atoms with Gasteiger partial charge in [0.2, 0.25) is 11.1 Å². The minimum Gasteiger partial charge on any atom is -0.223 e. The quantitative estimate of drug-likeness (QED) is 0.809. The van der Waals surface area contributed by atoms with Crippen molar-refractivity contribution in [2.24, 2.45) is 0 Å². The molecule has 0 heterocycles. The zero-order chi connectivity index (χ0) is 12.5. The summed E-state index contributed by atoms with van der Waals surface area (Å²) in [4.78, 5) is 0.644. The highest BCUT2D eigenvalue weighted by molar-refractivity contribution is 7.81. The van der Waals surface area contributed by atoms with Gasteiger partial charge in [-0.2, -0.15) is 3.74 Å². The van der Waals surface area contributed by atoms with E-state index in [2.05, 4.69) is 31.4 Å². The van der Waals surface area contributed by atoms with E-state index < -0.39 is 11.1 Å². The van der Waals surface area contributed by atoms with Gasteiger partial charge in [-0.15, -0.1) is 0 Å². The predicted octanol–water partition coefficient (Wildman–Crippen LogP) is 3.79. The van der Waals surface area contributed by atoms with Crippen LogP contribution in [0.1, 0.15) is 37.5 Å². The molecule has 2 nitrogen and oxygen atoms in total. The molecule has 1 unspecified atom stereocenters. The molecule has 1 aromatic rings. The summed E-state index contributed by atoms with van der Waals surface area (Å²) in [5.74, 6) is 0. The third-order valence-corrected chi connectivity index (χ3v) is 3.82. The van der Waals surface area contributed by atoms with Crippen molar-refractivity contribution >= 4 is 22.9 Å². The van der Waals surface area contributed by atoms with Gasteiger partial charge in [0, 0.05) is 0 Å². The molecule has 0 bridgehead atoms. The fraction of sp³-hybridized carbons (Fsp3) is 0.500. The molecule has 0 amide bonds. The fourth-order valence-corrected chi connectivity index (χ4v) is 2.66. The summed E-state index contributed by atoms with van der Waals surface area (Å²) in [6.07, 6.45) is 0. The Morgan fingerprint density at radius 2 is 1.75 bits per heavy atom. The fourth-order valence-electron chi connectivity index (χ4n) is 1.85. The van der Waals surface area contributed by atoms with Crippen LogP contribution in [0.25, 0.3) is 0 Å². The molecule has 0 fully saturated rings. The molecule has 0 saturated carbocycles. The number of hydrogen-bond donors (Lipinski definition) is 0. The first-order valence-electron chi connectivity index (χ1n) is 5.10. The maximum Gasteiger partial charge on any atom is 0.206 e. The largest absolute Gasteiger partial charge is 0.223 e. The minimum absolute atomic E-state index is 0.0169. The average molecular weight is 261 g/mol. The van der Waals surface area contributed by atoms with Crippen LogP contribution in [0, 0.1) is 13.8 Å². The standard InChI is InChI=1S/C12H17ClO2S/c1-8-6-9(2)11(16(14)15-13)7-10(8)12(3,4)5/h6-7H,1-5H3. The van der Waals surface area contributed by atoms with E-state index in [9.17, 15) is 4.21 Å². The number of rotatable bonds is 2. The van der Waals surface area contributed by atoms with Crippen molar-refractivity contribution < 1.29 is 7.94 Å². The first kappa shape index (κ1) is 13.7. The summed E-state index contributed by atoms with van der Waals surface area (Å²) in [5, 5.41) is 0. The van der Waals surface area contributed by atoms with E-state index in [0.717, 1.165) is 11.1 Å². The summed E-state index contributed by atoms with van der Waals surface area (Å²) < 4.78 is 16.0. The van der Waals surface area contributed by atoms with Gasteiger partial charge in [0.1, 0.15) is 0 Å². The lowest BCUT2D eigenvalue weighted by Crippen LogP contribution is -2.14. The molecule has 90 valence electrons. The van der Waals surface area contributed by atoms with Crippen LogP contribution in [0.4, 0.5) is 0 Å². The molecule has 1 rings (SSSR count). The van der Waals surface area contributed by atoms with Crippen molar-refractivity contribution in [3.8, 4) is 0 Å². The number of benzene rings is 1. The average Bonchev–Trinajstić information content (AvgIpc) is 2.14. The van der Waals surface area contributed by atoms with Crippen LogP contribution in [0.2, 0.25) is 0 Å². The van der Waals surface area contributed by atoms with Crippen molar-refractivity contribution in [1.29, 1.82) is 0 Å². The Balaban J connectivity index is 3.39. The van der Waals surface area contributed by atoms with Crippen LogP contribution in [0.5, 0.6) is 0 Å². The Kier molecular flexibility index (Phi) is 4.16. The van der Waals surface area contributed by atoms with Crippen molar-refractivity contribution in [1.82, 2.24) is 0 Å². The van der Waals surface area contributed by atoms with Crippen LogP contribution in [0.3, 0.4) is 0 Å². The van der Waals surface area contributed by atoms with Gasteiger partial charge >= 0.3 is 0 Å². The highest BCUT2D eigenvalue weighted by Crippen LogP contribution is 2.29. The molecule has 0 radical (unpaired) electrons. The second kappa shape index (κ2) is 4.86. The molecule has 4 heteroatoms. The Morgan fingerprint density at radius 3 is 2.19 bits per heavy atom. The lowest BCUT2D eigenvalue weighted by Gasteiger charge is -2.23. The highest BCUT2D eigenvalue weighted by atomic mass is 35.5. The first-order chi connectivity index (χ1) is 7.27. The Morgan fingerprint density at radius 1 is 1.19 bits per heavy atom. The van der Waals surface area contributed by atoms with Crippen molar-refractivity contribution in [3.63, 3.8) is 0 Å². The molecule has 1 atom stereocenters. The van der Waals surface area contributed by atoms with Gasteiger partial charge in [0.05, 0.1) is 16.8 Å². The highest BCUT2D eigenvalue weighted by Gasteiger charge is 2.19. The molecule has 16 heavy (non-hydrogen) atoms. The zero-order valence-corrected chi connectivity index (χ0v) is 11.8. The number of aryl methyl sites for hydroxylation is 2. The van der Waals surface area contributed by atoms with Crippen molar-refractivity contribution in [2.75, 3.05) is 0 Å². The maximum absolute atomic E-state index is 11.6. The molecule has 0 aliphatic rings. The summed E-state index contributed by atoms with van der Waals surface area (Å²) in [5.41, 5.74) is 3.31. The molecule has 1 aromatic carbocycles. The molecule has 0 aliphatic carbocycles. The molecule has 0 N–H and O–H groups in total.